The second-order valence-corrected chi connectivity index (χ2v) is 32.1. The van der Waals surface area contributed by atoms with E-state index in [2.05, 4.69) is 476 Å². The van der Waals surface area contributed by atoms with E-state index in [1.54, 1.807) is 0 Å². The van der Waals surface area contributed by atoms with Crippen LogP contribution in [0.25, 0.3) is 118 Å². The zero-order valence-corrected chi connectivity index (χ0v) is 66.9. The van der Waals surface area contributed by atoms with Crippen LogP contribution in [0.5, 0.6) is 0 Å². The molecule has 0 unspecified atom stereocenters. The number of fused-ring (bicyclic) bond motifs is 12. The molecular formula is C108H75BrN6S2. The molecule has 0 saturated heterocycles. The van der Waals surface area contributed by atoms with Crippen molar-refractivity contribution in [3.05, 3.63) is 453 Å². The van der Waals surface area contributed by atoms with Gasteiger partial charge in [-0.2, -0.15) is 0 Å². The number of rotatable bonds is 15. The molecule has 9 heteroatoms. The number of nitrogens with one attached hydrogen (secondary N) is 1. The molecule has 117 heavy (non-hydrogen) atoms. The average molecular weight is 1600 g/mol. The first-order valence-electron chi connectivity index (χ1n) is 39.4. The highest BCUT2D eigenvalue weighted by Gasteiger charge is 2.22. The van der Waals surface area contributed by atoms with E-state index in [4.69, 9.17) is 0 Å². The Balaban J connectivity index is 0.000000125. The number of para-hydroxylation sites is 10. The summed E-state index contributed by atoms with van der Waals surface area (Å²) in [4.78, 5) is 7.03. The number of thiophene rings is 2. The lowest BCUT2D eigenvalue weighted by Gasteiger charge is -2.26. The van der Waals surface area contributed by atoms with Gasteiger partial charge in [-0.05, 0) is 241 Å². The van der Waals surface area contributed by atoms with Gasteiger partial charge < -0.3 is 29.2 Å². The van der Waals surface area contributed by atoms with Crippen molar-refractivity contribution in [1.29, 1.82) is 0 Å². The standard InChI is InChI=1S/C54H37N3S.C30H22N2.C24H16BrNS/c1-5-17-40(18-6-1)55(41-19-7-2-8-20-41)45-29-32-53-49(36-45)50-37-46(30-33-54(50)58-53)56(42-21-9-3-10-22-42)44-25-15-16-38(34-44)39-28-31-48-47-26-13-14-27-51(47)57(52(48)35-39)43-23-11-4-12-24-43;1-3-11-24(12-4-1)31-25-13-9-10-22(20-25)23-18-19-28-27-16-7-8-17-29(27)32(30(28)21-23)26-14-5-2-6-15-26;25-17-11-13-23-21(15-17)22-16-20(12-14-24(22)27-23)26(18-7-3-1-4-8-18)19-9-5-2-6-10-19/h1-37H;1-21,31H;1-16H. The van der Waals surface area contributed by atoms with Crippen molar-refractivity contribution < 1.29 is 0 Å². The fraction of sp³-hybridized carbons (Fsp3) is 0. The van der Waals surface area contributed by atoms with Gasteiger partial charge in [-0.15, -0.1) is 22.7 Å². The number of nitrogens with zero attached hydrogens (tertiary/aromatic N) is 5. The first kappa shape index (κ1) is 71.7. The zero-order valence-electron chi connectivity index (χ0n) is 63.7. The molecule has 0 saturated carbocycles. The molecule has 22 aromatic rings. The summed E-state index contributed by atoms with van der Waals surface area (Å²) in [7, 11) is 0. The molecule has 22 rings (SSSR count). The van der Waals surface area contributed by atoms with Crippen molar-refractivity contribution in [2.24, 2.45) is 0 Å². The van der Waals surface area contributed by atoms with E-state index in [1.807, 2.05) is 40.9 Å². The van der Waals surface area contributed by atoms with E-state index in [-0.39, 0.29) is 0 Å². The maximum atomic E-state index is 3.62. The molecule has 0 amide bonds. The van der Waals surface area contributed by atoms with E-state index < -0.39 is 0 Å². The number of aromatic nitrogens is 2. The minimum absolute atomic E-state index is 1.08. The summed E-state index contributed by atoms with van der Waals surface area (Å²) >= 11 is 7.31. The fourth-order valence-corrected chi connectivity index (χ4v) is 18.9. The maximum absolute atomic E-state index is 3.62. The first-order valence-corrected chi connectivity index (χ1v) is 41.8. The van der Waals surface area contributed by atoms with Crippen LogP contribution in [0.4, 0.5) is 62.6 Å². The summed E-state index contributed by atoms with van der Waals surface area (Å²) in [5, 5.41) is 13.7. The molecule has 0 aliphatic carbocycles. The maximum Gasteiger partial charge on any atom is 0.0547 e. The van der Waals surface area contributed by atoms with Gasteiger partial charge in [0.15, 0.2) is 0 Å². The second kappa shape index (κ2) is 31.9. The Morgan fingerprint density at radius 3 is 0.915 bits per heavy atom. The Labute approximate surface area is 695 Å². The molecule has 0 atom stereocenters. The first-order chi connectivity index (χ1) is 57.9. The Bertz CT molecular complexity index is 7220. The van der Waals surface area contributed by atoms with Crippen LogP contribution in [0.15, 0.2) is 453 Å². The molecule has 556 valence electrons. The van der Waals surface area contributed by atoms with Crippen LogP contribution in [-0.2, 0) is 0 Å². The quantitative estimate of drug-likeness (QED) is 0.111. The predicted molar refractivity (Wildman–Crippen MR) is 506 cm³/mol. The molecule has 0 aliphatic heterocycles. The minimum Gasteiger partial charge on any atom is -0.356 e. The molecule has 18 aromatic carbocycles. The predicted octanol–water partition coefficient (Wildman–Crippen LogP) is 32.2. The number of halogens is 1. The van der Waals surface area contributed by atoms with Crippen molar-refractivity contribution >= 4 is 185 Å². The molecule has 6 nitrogen and oxygen atoms in total. The van der Waals surface area contributed by atoms with Gasteiger partial charge in [0, 0.05) is 140 Å². The molecule has 4 aromatic heterocycles. The summed E-state index contributed by atoms with van der Waals surface area (Å²) in [5.74, 6) is 0. The molecule has 0 aliphatic rings. The zero-order chi connectivity index (χ0) is 78.0. The van der Waals surface area contributed by atoms with Gasteiger partial charge >= 0.3 is 0 Å². The second-order valence-electron chi connectivity index (χ2n) is 29.0. The number of benzene rings is 18. The summed E-state index contributed by atoms with van der Waals surface area (Å²) in [6.45, 7) is 0. The molecule has 0 radical (unpaired) electrons. The van der Waals surface area contributed by atoms with Gasteiger partial charge in [0.1, 0.15) is 0 Å². The van der Waals surface area contributed by atoms with Crippen LogP contribution < -0.4 is 20.0 Å². The molecule has 0 bridgehead atoms. The number of anilines is 11. The van der Waals surface area contributed by atoms with Crippen molar-refractivity contribution in [3.63, 3.8) is 0 Å². The van der Waals surface area contributed by atoms with Crippen molar-refractivity contribution in [2.75, 3.05) is 20.0 Å². The number of hydrogen-bond donors (Lipinski definition) is 1. The van der Waals surface area contributed by atoms with E-state index in [0.29, 0.717) is 0 Å². The highest BCUT2D eigenvalue weighted by atomic mass is 79.9. The molecule has 0 spiro atoms. The Morgan fingerprint density at radius 2 is 0.496 bits per heavy atom. The van der Waals surface area contributed by atoms with Crippen LogP contribution >= 0.6 is 38.6 Å². The lowest BCUT2D eigenvalue weighted by molar-refractivity contribution is 1.18. The van der Waals surface area contributed by atoms with Crippen molar-refractivity contribution in [3.8, 4) is 33.6 Å². The lowest BCUT2D eigenvalue weighted by atomic mass is 10.0. The van der Waals surface area contributed by atoms with Crippen LogP contribution in [0, 0.1) is 0 Å². The summed E-state index contributed by atoms with van der Waals surface area (Å²) in [6.07, 6.45) is 0. The normalized spacial score (nSPS) is 11.3. The molecular weight excluding hydrogens is 1530 g/mol. The molecule has 4 heterocycles. The topological polar surface area (TPSA) is 31.6 Å². The van der Waals surface area contributed by atoms with E-state index in [0.717, 1.165) is 67.0 Å². The molecule has 0 fully saturated rings. The smallest absolute Gasteiger partial charge is 0.0547 e. The van der Waals surface area contributed by atoms with E-state index in [1.165, 1.54) is 118 Å². The van der Waals surface area contributed by atoms with Gasteiger partial charge in [0.25, 0.3) is 0 Å². The third-order valence-corrected chi connectivity index (χ3v) is 24.6. The van der Waals surface area contributed by atoms with Gasteiger partial charge in [0.05, 0.1) is 22.1 Å². The third-order valence-electron chi connectivity index (χ3n) is 21.8. The Kier molecular flexibility index (Phi) is 19.6. The van der Waals surface area contributed by atoms with Crippen molar-refractivity contribution in [2.45, 2.75) is 0 Å². The third kappa shape index (κ3) is 14.3. The monoisotopic (exact) mass is 1600 g/mol. The van der Waals surface area contributed by atoms with E-state index >= 15 is 0 Å². The van der Waals surface area contributed by atoms with Crippen molar-refractivity contribution in [1.82, 2.24) is 9.13 Å². The highest BCUT2D eigenvalue weighted by molar-refractivity contribution is 9.10. The van der Waals surface area contributed by atoms with Crippen LogP contribution in [0.3, 0.4) is 0 Å². The van der Waals surface area contributed by atoms with Crippen LogP contribution in [0.1, 0.15) is 0 Å². The lowest BCUT2D eigenvalue weighted by Crippen LogP contribution is -2.10. The largest absolute Gasteiger partial charge is 0.356 e. The van der Waals surface area contributed by atoms with E-state index in [9.17, 15) is 0 Å². The number of hydrogen-bond acceptors (Lipinski definition) is 6. The minimum atomic E-state index is 1.08. The summed E-state index contributed by atoms with van der Waals surface area (Å²) < 4.78 is 11.0. The highest BCUT2D eigenvalue weighted by Crippen LogP contribution is 2.47. The fourth-order valence-electron chi connectivity index (χ4n) is 16.4. The summed E-state index contributed by atoms with van der Waals surface area (Å²) in [5.41, 5.74) is 24.3. The average Bonchev–Trinajstić information content (AvgIpc) is 1.62. The van der Waals surface area contributed by atoms with Crippen LogP contribution in [0.2, 0.25) is 0 Å². The van der Waals surface area contributed by atoms with Gasteiger partial charge in [0.2, 0.25) is 0 Å². The Morgan fingerprint density at radius 1 is 0.197 bits per heavy atom. The summed E-state index contributed by atoms with van der Waals surface area (Å²) in [6, 6.07) is 160. The molecule has 1 N–H and O–H groups in total. The Hall–Kier alpha value is -14.3. The van der Waals surface area contributed by atoms with Crippen LogP contribution in [-0.4, -0.2) is 9.13 Å². The van der Waals surface area contributed by atoms with Gasteiger partial charge in [-0.3, -0.25) is 0 Å². The van der Waals surface area contributed by atoms with Gasteiger partial charge in [-0.1, -0.05) is 246 Å². The SMILES string of the molecule is Brc1ccc2sc3ccc(N(c4ccccc4)c4ccccc4)cc3c2c1.c1ccc(N(c2ccccc2)c2ccc3sc4ccc(N(c5ccccc5)c5cccc(-c6ccc7c8ccccc8n(-c8ccccc8)c7c6)c5)cc4c3c2)cc1.c1ccc(Nc2cccc(-c3ccc4c5ccccc5n(-c5ccccc5)c4c3)c2)cc1. The van der Waals surface area contributed by atoms with Gasteiger partial charge in [-0.25, -0.2) is 0 Å².